The molecule has 4 heteroatoms. The third-order valence-electron chi connectivity index (χ3n) is 3.62. The van der Waals surface area contributed by atoms with E-state index in [9.17, 15) is 4.79 Å². The van der Waals surface area contributed by atoms with Gasteiger partial charge in [0, 0.05) is 33.6 Å². The van der Waals surface area contributed by atoms with Crippen molar-refractivity contribution in [3.8, 4) is 0 Å². The minimum atomic E-state index is 0.110. The minimum absolute atomic E-state index is 0.110. The quantitative estimate of drug-likeness (QED) is 0.687. The van der Waals surface area contributed by atoms with E-state index in [1.165, 1.54) is 0 Å². The molecule has 0 aliphatic rings. The number of unbranched alkanes of at least 4 members (excludes halogenated alkanes) is 2. The summed E-state index contributed by atoms with van der Waals surface area (Å²) in [5.41, 5.74) is 0.940. The second kappa shape index (κ2) is 7.81. The van der Waals surface area contributed by atoms with Crippen LogP contribution in [0.2, 0.25) is 5.02 Å². The molecule has 2 rings (SSSR count). The molecule has 0 N–H and O–H groups in total. The summed E-state index contributed by atoms with van der Waals surface area (Å²) in [6.07, 6.45) is 4.50. The van der Waals surface area contributed by atoms with Gasteiger partial charge < -0.3 is 4.90 Å². The summed E-state index contributed by atoms with van der Waals surface area (Å²) in [5.74, 6) is 0. The van der Waals surface area contributed by atoms with Crippen LogP contribution >= 0.6 is 22.9 Å². The molecular formula is C17H22ClNOS. The van der Waals surface area contributed by atoms with Gasteiger partial charge in [-0.15, -0.1) is 11.3 Å². The van der Waals surface area contributed by atoms with Crippen LogP contribution in [0.4, 0.5) is 5.69 Å². The van der Waals surface area contributed by atoms with E-state index in [-0.39, 0.29) is 5.43 Å². The van der Waals surface area contributed by atoms with Crippen LogP contribution in [0.5, 0.6) is 0 Å². The van der Waals surface area contributed by atoms with Crippen LogP contribution in [0.25, 0.3) is 10.1 Å². The van der Waals surface area contributed by atoms with Gasteiger partial charge in [0.2, 0.25) is 5.43 Å². The summed E-state index contributed by atoms with van der Waals surface area (Å²) in [4.78, 5) is 15.0. The Morgan fingerprint density at radius 1 is 1.14 bits per heavy atom. The maximum absolute atomic E-state index is 12.8. The fraction of sp³-hybridized carbons (Fsp3) is 0.471. The van der Waals surface area contributed by atoms with Gasteiger partial charge in [-0.1, -0.05) is 38.3 Å². The number of fused-ring (bicyclic) bond motifs is 1. The average molecular weight is 324 g/mol. The van der Waals surface area contributed by atoms with Crippen LogP contribution in [0.3, 0.4) is 0 Å². The van der Waals surface area contributed by atoms with Crippen molar-refractivity contribution >= 4 is 38.7 Å². The summed E-state index contributed by atoms with van der Waals surface area (Å²) >= 11 is 7.66. The van der Waals surface area contributed by atoms with Crippen molar-refractivity contribution in [2.75, 3.05) is 18.0 Å². The Balaban J connectivity index is 2.41. The standard InChI is InChI=1S/C17H22ClNOS/c1-3-5-9-19(10-6-4-2)15-12-21-16-8-7-13(18)11-14(16)17(15)20/h7-8,11-12H,3-6,9-10H2,1-2H3. The first kappa shape index (κ1) is 16.3. The van der Waals surface area contributed by atoms with Crippen LogP contribution in [0.1, 0.15) is 39.5 Å². The van der Waals surface area contributed by atoms with E-state index in [0.717, 1.165) is 54.5 Å². The van der Waals surface area contributed by atoms with Crippen LogP contribution in [0, 0.1) is 0 Å². The second-order valence-electron chi connectivity index (χ2n) is 5.28. The van der Waals surface area contributed by atoms with Crippen LogP contribution in [0.15, 0.2) is 28.4 Å². The first-order valence-corrected chi connectivity index (χ1v) is 8.89. The number of nitrogens with zero attached hydrogens (tertiary/aromatic N) is 1. The van der Waals surface area contributed by atoms with Gasteiger partial charge in [0.05, 0.1) is 5.69 Å². The van der Waals surface area contributed by atoms with Gasteiger partial charge in [0.25, 0.3) is 0 Å². The van der Waals surface area contributed by atoms with Gasteiger partial charge in [0.1, 0.15) is 0 Å². The van der Waals surface area contributed by atoms with Crippen molar-refractivity contribution in [3.63, 3.8) is 0 Å². The topological polar surface area (TPSA) is 20.3 Å². The lowest BCUT2D eigenvalue weighted by atomic mass is 10.2. The molecule has 1 aromatic heterocycles. The van der Waals surface area contributed by atoms with Crippen molar-refractivity contribution in [2.24, 2.45) is 0 Å². The molecule has 0 amide bonds. The average Bonchev–Trinajstić information content (AvgIpc) is 2.49. The molecule has 21 heavy (non-hydrogen) atoms. The van der Waals surface area contributed by atoms with E-state index >= 15 is 0 Å². The molecule has 0 saturated carbocycles. The fourth-order valence-corrected chi connectivity index (χ4v) is 3.45. The lowest BCUT2D eigenvalue weighted by molar-refractivity contribution is 0.677. The number of hydrogen-bond donors (Lipinski definition) is 0. The fourth-order valence-electron chi connectivity index (χ4n) is 2.36. The lowest BCUT2D eigenvalue weighted by Gasteiger charge is -2.24. The number of hydrogen-bond acceptors (Lipinski definition) is 3. The third kappa shape index (κ3) is 3.98. The molecule has 0 bridgehead atoms. The Bertz CT molecular complexity index is 645. The Labute approximate surface area is 135 Å². The van der Waals surface area contributed by atoms with Crippen molar-refractivity contribution < 1.29 is 0 Å². The Morgan fingerprint density at radius 3 is 2.43 bits per heavy atom. The van der Waals surface area contributed by atoms with Crippen LogP contribution in [-0.2, 0) is 0 Å². The van der Waals surface area contributed by atoms with Crippen molar-refractivity contribution in [3.05, 3.63) is 38.8 Å². The van der Waals surface area contributed by atoms with E-state index in [1.54, 1.807) is 17.4 Å². The molecule has 2 aromatic rings. The molecule has 2 nitrogen and oxygen atoms in total. The molecule has 114 valence electrons. The molecule has 1 heterocycles. The Hall–Kier alpha value is -1.06. The summed E-state index contributed by atoms with van der Waals surface area (Å²) in [7, 11) is 0. The summed E-state index contributed by atoms with van der Waals surface area (Å²) in [6.45, 7) is 6.26. The number of benzene rings is 1. The normalized spacial score (nSPS) is 11.0. The lowest BCUT2D eigenvalue weighted by Crippen LogP contribution is -2.29. The number of rotatable bonds is 7. The predicted molar refractivity (Wildman–Crippen MR) is 95.1 cm³/mol. The highest BCUT2D eigenvalue weighted by molar-refractivity contribution is 7.16. The van der Waals surface area contributed by atoms with Crippen LogP contribution < -0.4 is 10.3 Å². The van der Waals surface area contributed by atoms with Crippen molar-refractivity contribution in [2.45, 2.75) is 39.5 Å². The van der Waals surface area contributed by atoms with Crippen molar-refractivity contribution in [1.82, 2.24) is 0 Å². The van der Waals surface area contributed by atoms with E-state index in [1.807, 2.05) is 17.5 Å². The maximum atomic E-state index is 12.8. The molecule has 0 fully saturated rings. The molecule has 0 atom stereocenters. The Morgan fingerprint density at radius 2 is 1.81 bits per heavy atom. The van der Waals surface area contributed by atoms with E-state index in [2.05, 4.69) is 18.7 Å². The molecule has 0 radical (unpaired) electrons. The second-order valence-corrected chi connectivity index (χ2v) is 6.63. The number of halogens is 1. The molecule has 0 aliphatic heterocycles. The van der Waals surface area contributed by atoms with E-state index in [0.29, 0.717) is 5.02 Å². The van der Waals surface area contributed by atoms with Gasteiger partial charge in [-0.05, 0) is 31.0 Å². The molecule has 0 spiro atoms. The SMILES string of the molecule is CCCCN(CCCC)c1csc2ccc(Cl)cc2c1=O. The van der Waals surface area contributed by atoms with Gasteiger partial charge in [-0.2, -0.15) is 0 Å². The molecule has 0 saturated heterocycles. The largest absolute Gasteiger partial charge is 0.368 e. The van der Waals surface area contributed by atoms with E-state index < -0.39 is 0 Å². The zero-order chi connectivity index (χ0) is 15.2. The van der Waals surface area contributed by atoms with Crippen molar-refractivity contribution in [1.29, 1.82) is 0 Å². The van der Waals surface area contributed by atoms with Gasteiger partial charge in [-0.25, -0.2) is 0 Å². The summed E-state index contributed by atoms with van der Waals surface area (Å²) in [6, 6.07) is 5.55. The molecule has 0 unspecified atom stereocenters. The molecule has 1 aromatic carbocycles. The highest BCUT2D eigenvalue weighted by Gasteiger charge is 2.12. The van der Waals surface area contributed by atoms with E-state index in [4.69, 9.17) is 11.6 Å². The zero-order valence-corrected chi connectivity index (χ0v) is 14.3. The molecular weight excluding hydrogens is 302 g/mol. The zero-order valence-electron chi connectivity index (χ0n) is 12.7. The van der Waals surface area contributed by atoms with Gasteiger partial charge in [0.15, 0.2) is 0 Å². The summed E-state index contributed by atoms with van der Waals surface area (Å²) in [5, 5.41) is 3.37. The first-order valence-electron chi connectivity index (χ1n) is 7.63. The highest BCUT2D eigenvalue weighted by atomic mass is 35.5. The number of anilines is 1. The predicted octanol–water partition coefficient (Wildman–Crippen LogP) is 5.32. The first-order chi connectivity index (χ1) is 10.2. The van der Waals surface area contributed by atoms with Crippen LogP contribution in [-0.4, -0.2) is 13.1 Å². The van der Waals surface area contributed by atoms with Gasteiger partial charge in [-0.3, -0.25) is 4.79 Å². The minimum Gasteiger partial charge on any atom is -0.368 e. The monoisotopic (exact) mass is 323 g/mol. The Kier molecular flexibility index (Phi) is 6.07. The maximum Gasteiger partial charge on any atom is 0.211 e. The molecule has 0 aliphatic carbocycles. The van der Waals surface area contributed by atoms with Gasteiger partial charge >= 0.3 is 0 Å². The third-order valence-corrected chi connectivity index (χ3v) is 4.81. The highest BCUT2D eigenvalue weighted by Crippen LogP contribution is 2.24. The smallest absolute Gasteiger partial charge is 0.211 e. The summed E-state index contributed by atoms with van der Waals surface area (Å²) < 4.78 is 0.999.